The molecule has 0 radical (unpaired) electrons. The Morgan fingerprint density at radius 3 is 2.46 bits per heavy atom. The number of carbonyl (C=O) groups is 1. The van der Waals surface area contributed by atoms with E-state index in [4.69, 9.17) is 14.2 Å². The highest BCUT2D eigenvalue weighted by molar-refractivity contribution is 6.00. The fourth-order valence-corrected chi connectivity index (χ4v) is 5.20. The van der Waals surface area contributed by atoms with Crippen LogP contribution in [0.25, 0.3) is 11.3 Å². The number of nitrogens with zero attached hydrogens (tertiary/aromatic N) is 2. The Bertz CT molecular complexity index is 1360. The van der Waals surface area contributed by atoms with Crippen molar-refractivity contribution in [2.24, 2.45) is 0 Å². The average molecular weight is 496 g/mol. The summed E-state index contributed by atoms with van der Waals surface area (Å²) in [6.45, 7) is 1.79. The molecule has 2 aliphatic heterocycles. The number of fused-ring (bicyclic) bond motifs is 1. The molecule has 188 valence electrons. The van der Waals surface area contributed by atoms with Crippen LogP contribution in [-0.4, -0.2) is 47.4 Å². The number of amides is 1. The van der Waals surface area contributed by atoms with Gasteiger partial charge in [0, 0.05) is 24.3 Å². The first-order chi connectivity index (χ1) is 18.2. The van der Waals surface area contributed by atoms with E-state index in [1.54, 1.807) is 7.11 Å². The van der Waals surface area contributed by atoms with Crippen LogP contribution in [0.15, 0.2) is 78.9 Å². The molecule has 3 aromatic carbocycles. The molecule has 2 aliphatic rings. The van der Waals surface area contributed by atoms with Crippen LogP contribution in [0.3, 0.4) is 0 Å². The van der Waals surface area contributed by atoms with Gasteiger partial charge in [0.2, 0.25) is 0 Å². The molecular weight excluding hydrogens is 466 g/mol. The minimum Gasteiger partial charge on any atom is -0.497 e. The SMILES string of the molecule is COc1ccc(-c2n[nH]c3c2C(c2ccc(OCc4ccccc4)cc2)N(CC2CCCO2)C3=O)cc1. The largest absolute Gasteiger partial charge is 0.497 e. The van der Waals surface area contributed by atoms with Gasteiger partial charge in [0.05, 0.1) is 24.9 Å². The fraction of sp³-hybridized carbons (Fsp3) is 0.267. The zero-order valence-corrected chi connectivity index (χ0v) is 20.7. The molecule has 1 saturated heterocycles. The van der Waals surface area contributed by atoms with Gasteiger partial charge in [-0.05, 0) is 60.4 Å². The third-order valence-corrected chi connectivity index (χ3v) is 7.10. The van der Waals surface area contributed by atoms with Crippen molar-refractivity contribution in [2.45, 2.75) is 31.6 Å². The highest BCUT2D eigenvalue weighted by atomic mass is 16.5. The Balaban J connectivity index is 1.33. The van der Waals surface area contributed by atoms with E-state index >= 15 is 0 Å². The smallest absolute Gasteiger partial charge is 0.273 e. The van der Waals surface area contributed by atoms with Crippen LogP contribution in [0.1, 0.15) is 46.1 Å². The molecule has 6 rings (SSSR count). The molecule has 0 spiro atoms. The summed E-state index contributed by atoms with van der Waals surface area (Å²) >= 11 is 0. The third kappa shape index (κ3) is 4.58. The van der Waals surface area contributed by atoms with Gasteiger partial charge in [0.1, 0.15) is 23.8 Å². The molecule has 4 aromatic rings. The molecular formula is C30H29N3O4. The van der Waals surface area contributed by atoms with Crippen LogP contribution in [0.2, 0.25) is 0 Å². The Labute approximate surface area is 216 Å². The molecule has 1 fully saturated rings. The van der Waals surface area contributed by atoms with Crippen molar-refractivity contribution >= 4 is 5.91 Å². The third-order valence-electron chi connectivity index (χ3n) is 7.10. The predicted molar refractivity (Wildman–Crippen MR) is 140 cm³/mol. The number of hydrogen-bond acceptors (Lipinski definition) is 5. The van der Waals surface area contributed by atoms with Crippen molar-refractivity contribution in [3.05, 3.63) is 101 Å². The van der Waals surface area contributed by atoms with Crippen LogP contribution < -0.4 is 9.47 Å². The summed E-state index contributed by atoms with van der Waals surface area (Å²) < 4.78 is 17.2. The van der Waals surface area contributed by atoms with Gasteiger partial charge in [-0.3, -0.25) is 9.89 Å². The van der Waals surface area contributed by atoms with Gasteiger partial charge >= 0.3 is 0 Å². The van der Waals surface area contributed by atoms with E-state index in [1.807, 2.05) is 83.8 Å². The lowest BCUT2D eigenvalue weighted by molar-refractivity contribution is 0.0495. The van der Waals surface area contributed by atoms with E-state index < -0.39 is 0 Å². The van der Waals surface area contributed by atoms with Gasteiger partial charge in [-0.15, -0.1) is 0 Å². The number of hydrogen-bond donors (Lipinski definition) is 1. The van der Waals surface area contributed by atoms with Crippen LogP contribution in [0, 0.1) is 0 Å². The van der Waals surface area contributed by atoms with Gasteiger partial charge in [0.15, 0.2) is 0 Å². The number of aromatic nitrogens is 2. The van der Waals surface area contributed by atoms with Gasteiger partial charge in [0.25, 0.3) is 5.91 Å². The second kappa shape index (κ2) is 10.1. The Kier molecular flexibility index (Phi) is 6.37. The number of H-pyrrole nitrogens is 1. The van der Waals surface area contributed by atoms with E-state index in [2.05, 4.69) is 10.2 Å². The summed E-state index contributed by atoms with van der Waals surface area (Å²) in [5.41, 5.74) is 5.26. The molecule has 0 saturated carbocycles. The van der Waals surface area contributed by atoms with Crippen molar-refractivity contribution in [3.8, 4) is 22.8 Å². The van der Waals surface area contributed by atoms with Gasteiger partial charge in [-0.1, -0.05) is 42.5 Å². The molecule has 0 bridgehead atoms. The van der Waals surface area contributed by atoms with Crippen LogP contribution >= 0.6 is 0 Å². The van der Waals surface area contributed by atoms with Crippen molar-refractivity contribution in [1.82, 2.24) is 15.1 Å². The van der Waals surface area contributed by atoms with E-state index in [1.165, 1.54) is 0 Å². The Hall–Kier alpha value is -4.10. The monoisotopic (exact) mass is 495 g/mol. The minimum atomic E-state index is -0.272. The molecule has 37 heavy (non-hydrogen) atoms. The maximum atomic E-state index is 13.6. The zero-order valence-electron chi connectivity index (χ0n) is 20.7. The number of benzene rings is 3. The van der Waals surface area contributed by atoms with Crippen molar-refractivity contribution < 1.29 is 19.0 Å². The van der Waals surface area contributed by atoms with Crippen LogP contribution in [0.4, 0.5) is 0 Å². The number of carbonyl (C=O) groups excluding carboxylic acids is 1. The first-order valence-corrected chi connectivity index (χ1v) is 12.6. The molecule has 7 heteroatoms. The van der Waals surface area contributed by atoms with Crippen molar-refractivity contribution in [2.75, 3.05) is 20.3 Å². The van der Waals surface area contributed by atoms with Crippen LogP contribution in [0.5, 0.6) is 11.5 Å². The standard InChI is InChI=1S/C30H29N3O4/c1-35-23-13-9-21(10-14-23)27-26-28(32-31-27)30(34)33(18-25-8-5-17-36-25)29(26)22-11-15-24(16-12-22)37-19-20-6-3-2-4-7-20/h2-4,6-7,9-16,25,29H,5,8,17-19H2,1H3,(H,31,32). The number of nitrogens with one attached hydrogen (secondary N) is 1. The van der Waals surface area contributed by atoms with Crippen molar-refractivity contribution in [1.29, 1.82) is 0 Å². The molecule has 7 nitrogen and oxygen atoms in total. The minimum absolute atomic E-state index is 0.0429. The summed E-state index contributed by atoms with van der Waals surface area (Å²) in [6, 6.07) is 25.6. The highest BCUT2D eigenvalue weighted by Gasteiger charge is 2.43. The highest BCUT2D eigenvalue weighted by Crippen LogP contribution is 2.43. The predicted octanol–water partition coefficient (Wildman–Crippen LogP) is 5.39. The average Bonchev–Trinajstić information content (AvgIpc) is 3.68. The Morgan fingerprint density at radius 1 is 1.00 bits per heavy atom. The van der Waals surface area contributed by atoms with Crippen LogP contribution in [-0.2, 0) is 11.3 Å². The molecule has 2 unspecified atom stereocenters. The van der Waals surface area contributed by atoms with Gasteiger partial charge < -0.3 is 19.1 Å². The van der Waals surface area contributed by atoms with E-state index in [0.29, 0.717) is 18.8 Å². The van der Waals surface area contributed by atoms with E-state index in [9.17, 15) is 4.79 Å². The van der Waals surface area contributed by atoms with Gasteiger partial charge in [-0.25, -0.2) is 0 Å². The molecule has 3 heterocycles. The number of aromatic amines is 1. The molecule has 1 aromatic heterocycles. The molecule has 2 atom stereocenters. The normalized spacial score (nSPS) is 18.7. The zero-order chi connectivity index (χ0) is 25.2. The topological polar surface area (TPSA) is 76.7 Å². The summed E-state index contributed by atoms with van der Waals surface area (Å²) in [5, 5.41) is 7.60. The Morgan fingerprint density at radius 2 is 1.76 bits per heavy atom. The number of rotatable bonds is 8. The quantitative estimate of drug-likeness (QED) is 0.355. The maximum Gasteiger partial charge on any atom is 0.273 e. The van der Waals surface area contributed by atoms with E-state index in [-0.39, 0.29) is 18.1 Å². The summed E-state index contributed by atoms with van der Waals surface area (Å²) in [6.07, 6.45) is 2.02. The molecule has 0 aliphatic carbocycles. The maximum absolute atomic E-state index is 13.6. The molecule has 1 amide bonds. The lowest BCUT2D eigenvalue weighted by atomic mass is 9.95. The molecule has 1 N–H and O–H groups in total. The number of ether oxygens (including phenoxy) is 3. The fourth-order valence-electron chi connectivity index (χ4n) is 5.20. The second-order valence-corrected chi connectivity index (χ2v) is 9.43. The second-order valence-electron chi connectivity index (χ2n) is 9.43. The van der Waals surface area contributed by atoms with E-state index in [0.717, 1.165) is 58.9 Å². The first kappa shape index (κ1) is 23.3. The lowest BCUT2D eigenvalue weighted by Crippen LogP contribution is -2.36. The van der Waals surface area contributed by atoms with Gasteiger partial charge in [-0.2, -0.15) is 5.10 Å². The van der Waals surface area contributed by atoms with Crippen molar-refractivity contribution in [3.63, 3.8) is 0 Å². The summed E-state index contributed by atoms with van der Waals surface area (Å²) in [4.78, 5) is 15.5. The first-order valence-electron chi connectivity index (χ1n) is 12.6. The lowest BCUT2D eigenvalue weighted by Gasteiger charge is -2.28. The number of methoxy groups -OCH3 is 1. The summed E-state index contributed by atoms with van der Waals surface area (Å²) in [5.74, 6) is 1.51. The summed E-state index contributed by atoms with van der Waals surface area (Å²) in [7, 11) is 1.64.